The number of rotatable bonds is 1. The van der Waals surface area contributed by atoms with E-state index >= 15 is 0 Å². The summed E-state index contributed by atoms with van der Waals surface area (Å²) in [7, 11) is 0. The number of aliphatic hydroxyl groups is 2. The lowest BCUT2D eigenvalue weighted by Gasteiger charge is -2.59. The van der Waals surface area contributed by atoms with Gasteiger partial charge in [-0.15, -0.1) is 0 Å². The molecule has 6 aliphatic rings. The Morgan fingerprint density at radius 3 is 2.60 bits per heavy atom. The van der Waals surface area contributed by atoms with Crippen molar-refractivity contribution in [3.05, 3.63) is 0 Å². The molecule has 12 atom stereocenters. The Balaban J connectivity index is 1.32. The molecule has 4 saturated carbocycles. The second-order valence-corrected chi connectivity index (χ2v) is 13.8. The minimum atomic E-state index is -0.614. The molecular formula is C28H46N4O3. The normalized spacial score (nSPS) is 54.7. The first-order valence-electron chi connectivity index (χ1n) is 14.4. The van der Waals surface area contributed by atoms with Crippen LogP contribution in [0, 0.1) is 52.8 Å². The van der Waals surface area contributed by atoms with Crippen molar-refractivity contribution in [1.29, 1.82) is 0 Å². The minimum absolute atomic E-state index is 0.104. The van der Waals surface area contributed by atoms with E-state index in [0.29, 0.717) is 47.5 Å². The lowest BCUT2D eigenvalue weighted by atomic mass is 9.51. The van der Waals surface area contributed by atoms with Crippen LogP contribution in [0.3, 0.4) is 0 Å². The third-order valence-electron chi connectivity index (χ3n) is 12.1. The third-order valence-corrected chi connectivity index (χ3v) is 12.1. The SMILES string of the molecule is C[C@H]1CC[C@@H]2N(C1)C[C@H]1[C@@H]3C[C@H]4[C@H](C/C(=N\NC(N)=O)[C@H]5C[C@@H](O)CC[C@@]54C)[C@@H]3CC[C@H]1[C@]2(C)O. The van der Waals surface area contributed by atoms with Gasteiger partial charge in [-0.1, -0.05) is 13.8 Å². The number of nitrogens with one attached hydrogen (secondary N) is 1. The van der Waals surface area contributed by atoms with Crippen LogP contribution in [-0.2, 0) is 0 Å². The molecule has 5 N–H and O–H groups in total. The van der Waals surface area contributed by atoms with Gasteiger partial charge in [-0.3, -0.25) is 4.90 Å². The molecule has 0 bridgehead atoms. The number of hydrazone groups is 1. The number of urea groups is 1. The zero-order valence-corrected chi connectivity index (χ0v) is 21.8. The van der Waals surface area contributed by atoms with Gasteiger partial charge in [0.25, 0.3) is 0 Å². The van der Waals surface area contributed by atoms with Crippen LogP contribution >= 0.6 is 0 Å². The molecule has 2 saturated heterocycles. The standard InChI is InChI=1S/C28H46N4O3/c1-15-4-7-25-28(3,35)21-6-5-17-18(20(21)14-32(25)13-15)11-22-19(17)12-24(30-31-26(29)34)23-10-16(33)8-9-27(22,23)2/h15-23,25,33,35H,4-14H2,1-3H3,(H3,29,31,34)/b30-24+/t15-,16-,17+,18+,19+,20-,21+,22-,23+,25-,27+,28-/m0/s1. The van der Waals surface area contributed by atoms with Crippen LogP contribution < -0.4 is 11.2 Å². The molecule has 2 heterocycles. The largest absolute Gasteiger partial charge is 0.393 e. The van der Waals surface area contributed by atoms with E-state index in [1.165, 1.54) is 19.3 Å². The summed E-state index contributed by atoms with van der Waals surface area (Å²) < 4.78 is 0. The molecule has 196 valence electrons. The van der Waals surface area contributed by atoms with Gasteiger partial charge in [0.15, 0.2) is 0 Å². The van der Waals surface area contributed by atoms with Crippen LogP contribution in [0.25, 0.3) is 0 Å². The van der Waals surface area contributed by atoms with Crippen LogP contribution in [0.4, 0.5) is 4.79 Å². The van der Waals surface area contributed by atoms with Crippen LogP contribution in [0.5, 0.6) is 0 Å². The number of nitrogens with zero attached hydrogens (tertiary/aromatic N) is 2. The topological polar surface area (TPSA) is 111 Å². The van der Waals surface area contributed by atoms with Crippen molar-refractivity contribution in [1.82, 2.24) is 10.3 Å². The fourth-order valence-corrected chi connectivity index (χ4v) is 10.6. The highest BCUT2D eigenvalue weighted by Crippen LogP contribution is 2.66. The minimum Gasteiger partial charge on any atom is -0.393 e. The molecule has 2 aliphatic heterocycles. The van der Waals surface area contributed by atoms with E-state index in [1.54, 1.807) is 0 Å². The monoisotopic (exact) mass is 486 g/mol. The van der Waals surface area contributed by atoms with Crippen LogP contribution in [-0.4, -0.2) is 57.7 Å². The van der Waals surface area contributed by atoms with E-state index in [1.807, 2.05) is 0 Å². The second kappa shape index (κ2) is 8.42. The number of amides is 2. The van der Waals surface area contributed by atoms with E-state index in [2.05, 4.69) is 36.2 Å². The highest BCUT2D eigenvalue weighted by atomic mass is 16.3. The van der Waals surface area contributed by atoms with E-state index in [0.717, 1.165) is 57.3 Å². The fourth-order valence-electron chi connectivity index (χ4n) is 10.6. The maximum absolute atomic E-state index is 11.9. The quantitative estimate of drug-likeness (QED) is 0.426. The molecule has 6 rings (SSSR count). The van der Waals surface area contributed by atoms with E-state index in [-0.39, 0.29) is 17.4 Å². The number of aliphatic hydroxyl groups excluding tert-OH is 1. The van der Waals surface area contributed by atoms with Gasteiger partial charge in [0.2, 0.25) is 0 Å². The molecule has 0 unspecified atom stereocenters. The van der Waals surface area contributed by atoms with Crippen LogP contribution in [0.2, 0.25) is 0 Å². The molecule has 0 aromatic rings. The summed E-state index contributed by atoms with van der Waals surface area (Å²) in [6.07, 6.45) is 9.19. The zero-order chi connectivity index (χ0) is 24.7. The summed E-state index contributed by atoms with van der Waals surface area (Å²) in [6, 6.07) is -0.294. The summed E-state index contributed by atoms with van der Waals surface area (Å²) in [5.41, 5.74) is 8.47. The highest BCUT2D eigenvalue weighted by Gasteiger charge is 2.64. The first-order valence-corrected chi connectivity index (χ1v) is 14.4. The summed E-state index contributed by atoms with van der Waals surface area (Å²) >= 11 is 0. The number of hydrogen-bond donors (Lipinski definition) is 4. The van der Waals surface area contributed by atoms with Crippen LogP contribution in [0.15, 0.2) is 5.10 Å². The molecule has 0 spiro atoms. The molecule has 0 aromatic carbocycles. The number of carbonyl (C=O) groups is 1. The average molecular weight is 487 g/mol. The van der Waals surface area contributed by atoms with Crippen LogP contribution in [0.1, 0.15) is 78.6 Å². The molecule has 7 heteroatoms. The maximum Gasteiger partial charge on any atom is 0.332 e. The maximum atomic E-state index is 11.9. The van der Waals surface area contributed by atoms with Gasteiger partial charge in [-0.25, -0.2) is 10.2 Å². The summed E-state index contributed by atoms with van der Waals surface area (Å²) in [6.45, 7) is 9.24. The van der Waals surface area contributed by atoms with Crippen molar-refractivity contribution in [2.75, 3.05) is 13.1 Å². The predicted molar refractivity (Wildman–Crippen MR) is 135 cm³/mol. The molecule has 0 aromatic heterocycles. The van der Waals surface area contributed by atoms with Crippen molar-refractivity contribution >= 4 is 11.7 Å². The zero-order valence-electron chi connectivity index (χ0n) is 21.8. The number of hydrogen-bond acceptors (Lipinski definition) is 5. The number of nitrogens with two attached hydrogens (primary N) is 1. The molecule has 0 radical (unpaired) electrons. The van der Waals surface area contributed by atoms with Crippen molar-refractivity contribution in [2.45, 2.75) is 96.3 Å². The van der Waals surface area contributed by atoms with Gasteiger partial charge in [0.05, 0.1) is 11.7 Å². The predicted octanol–water partition coefficient (Wildman–Crippen LogP) is 3.34. The average Bonchev–Trinajstić information content (AvgIpc) is 3.18. The Morgan fingerprint density at radius 2 is 1.83 bits per heavy atom. The lowest BCUT2D eigenvalue weighted by Crippen LogP contribution is -2.67. The number of piperidine rings is 2. The number of carbonyl (C=O) groups excluding carboxylic acids is 1. The first-order chi connectivity index (χ1) is 16.6. The Hall–Kier alpha value is -1.18. The van der Waals surface area contributed by atoms with Gasteiger partial charge >= 0.3 is 6.03 Å². The fraction of sp³-hybridized carbons (Fsp3) is 0.929. The Morgan fingerprint density at radius 1 is 1.03 bits per heavy atom. The highest BCUT2D eigenvalue weighted by molar-refractivity contribution is 5.90. The first kappa shape index (κ1) is 24.2. The number of fused-ring (bicyclic) bond motifs is 8. The molecule has 7 nitrogen and oxygen atoms in total. The van der Waals surface area contributed by atoms with Gasteiger partial charge in [0.1, 0.15) is 0 Å². The molecule has 2 amide bonds. The summed E-state index contributed by atoms with van der Waals surface area (Å²) in [5, 5.41) is 27.0. The third kappa shape index (κ3) is 3.70. The van der Waals surface area contributed by atoms with Crippen molar-refractivity contribution in [3.63, 3.8) is 0 Å². The van der Waals surface area contributed by atoms with E-state index < -0.39 is 11.6 Å². The van der Waals surface area contributed by atoms with Gasteiger partial charge in [-0.05, 0) is 112 Å². The van der Waals surface area contributed by atoms with Gasteiger partial charge in [-0.2, -0.15) is 5.10 Å². The summed E-state index contributed by atoms with van der Waals surface area (Å²) in [4.78, 5) is 14.1. The Labute approximate surface area is 210 Å². The second-order valence-electron chi connectivity index (χ2n) is 13.8. The van der Waals surface area contributed by atoms with Crippen molar-refractivity contribution < 1.29 is 15.0 Å². The van der Waals surface area contributed by atoms with Gasteiger partial charge in [0, 0.05) is 30.8 Å². The Kier molecular flexibility index (Phi) is 5.82. The van der Waals surface area contributed by atoms with Crippen molar-refractivity contribution in [3.8, 4) is 0 Å². The molecular weight excluding hydrogens is 440 g/mol. The van der Waals surface area contributed by atoms with E-state index in [4.69, 9.17) is 5.73 Å². The number of primary amides is 1. The lowest BCUT2D eigenvalue weighted by molar-refractivity contribution is -0.175. The van der Waals surface area contributed by atoms with Crippen molar-refractivity contribution in [2.24, 2.45) is 63.6 Å². The molecule has 4 aliphatic carbocycles. The summed E-state index contributed by atoms with van der Waals surface area (Å²) in [5.74, 6) is 4.42. The van der Waals surface area contributed by atoms with Gasteiger partial charge < -0.3 is 15.9 Å². The smallest absolute Gasteiger partial charge is 0.332 e. The molecule has 35 heavy (non-hydrogen) atoms. The Bertz CT molecular complexity index is 891. The molecule has 6 fully saturated rings. The van der Waals surface area contributed by atoms with E-state index in [9.17, 15) is 15.0 Å².